The molecule has 1 aromatic rings. The molecule has 0 fully saturated rings. The van der Waals surface area contributed by atoms with Crippen LogP contribution in [0, 0.1) is 0 Å². The average Bonchev–Trinajstić information content (AvgIpc) is 2.38. The van der Waals surface area contributed by atoms with E-state index in [-0.39, 0.29) is 0 Å². The van der Waals surface area contributed by atoms with Gasteiger partial charge in [0.05, 0.1) is 0 Å². The summed E-state index contributed by atoms with van der Waals surface area (Å²) in [7, 11) is 4.30. The van der Waals surface area contributed by atoms with Crippen molar-refractivity contribution in [2.45, 2.75) is 52.1 Å². The van der Waals surface area contributed by atoms with Gasteiger partial charge in [-0.15, -0.1) is 0 Å². The van der Waals surface area contributed by atoms with Crippen molar-refractivity contribution in [2.24, 2.45) is 0 Å². The molecule has 19 heavy (non-hydrogen) atoms. The van der Waals surface area contributed by atoms with Crippen molar-refractivity contribution in [2.75, 3.05) is 20.6 Å². The molecule has 2 nitrogen and oxygen atoms in total. The predicted octanol–water partition coefficient (Wildman–Crippen LogP) is 3.80. The molecule has 0 radical (unpaired) electrons. The number of nitrogens with one attached hydrogen (secondary N) is 1. The van der Waals surface area contributed by atoms with Crippen LogP contribution >= 0.6 is 0 Å². The number of hydrogen-bond donors (Lipinski definition) is 1. The largest absolute Gasteiger partial charge is 0.313 e. The van der Waals surface area contributed by atoms with E-state index in [0.717, 1.165) is 6.54 Å². The Morgan fingerprint density at radius 1 is 1.00 bits per heavy atom. The maximum absolute atomic E-state index is 3.53. The van der Waals surface area contributed by atoms with Gasteiger partial charge in [-0.3, -0.25) is 0 Å². The number of rotatable bonds is 7. The van der Waals surface area contributed by atoms with Crippen LogP contribution in [0.1, 0.15) is 57.2 Å². The van der Waals surface area contributed by atoms with E-state index >= 15 is 0 Å². The van der Waals surface area contributed by atoms with Gasteiger partial charge < -0.3 is 10.2 Å². The molecule has 1 N–H and O–H groups in total. The van der Waals surface area contributed by atoms with Crippen molar-refractivity contribution in [1.82, 2.24) is 10.2 Å². The molecule has 0 aromatic heterocycles. The number of benzene rings is 1. The molecular weight excluding hydrogens is 232 g/mol. The first kappa shape index (κ1) is 16.2. The summed E-state index contributed by atoms with van der Waals surface area (Å²) in [6.45, 7) is 9.91. The highest BCUT2D eigenvalue weighted by molar-refractivity contribution is 5.27. The standard InChI is InChI=1S/C17H30N2/c1-7-14(4)15-8-10-16(11-9-15)17(19(5)6)12-18-13(2)3/h8-11,13-14,17-18H,7,12H2,1-6H3. The zero-order valence-electron chi connectivity index (χ0n) is 13.4. The predicted molar refractivity (Wildman–Crippen MR) is 84.7 cm³/mol. The van der Waals surface area contributed by atoms with Crippen molar-refractivity contribution < 1.29 is 0 Å². The molecule has 0 heterocycles. The van der Waals surface area contributed by atoms with E-state index in [2.05, 4.69) is 76.3 Å². The molecule has 1 aromatic carbocycles. The first-order valence-corrected chi connectivity index (χ1v) is 7.45. The smallest absolute Gasteiger partial charge is 0.0466 e. The van der Waals surface area contributed by atoms with Gasteiger partial charge in [-0.1, -0.05) is 52.0 Å². The minimum atomic E-state index is 0.438. The highest BCUT2D eigenvalue weighted by Crippen LogP contribution is 2.23. The van der Waals surface area contributed by atoms with Crippen LogP contribution in [-0.4, -0.2) is 31.6 Å². The zero-order valence-corrected chi connectivity index (χ0v) is 13.4. The van der Waals surface area contributed by atoms with Crippen LogP contribution in [0.15, 0.2) is 24.3 Å². The summed E-state index contributed by atoms with van der Waals surface area (Å²) in [5.41, 5.74) is 2.84. The van der Waals surface area contributed by atoms with Gasteiger partial charge >= 0.3 is 0 Å². The second-order valence-electron chi connectivity index (χ2n) is 6.02. The van der Waals surface area contributed by atoms with Crippen molar-refractivity contribution in [3.63, 3.8) is 0 Å². The van der Waals surface area contributed by atoms with Crippen LogP contribution < -0.4 is 5.32 Å². The van der Waals surface area contributed by atoms with Crippen LogP contribution in [-0.2, 0) is 0 Å². The average molecular weight is 262 g/mol. The van der Waals surface area contributed by atoms with E-state index < -0.39 is 0 Å². The molecule has 0 aliphatic rings. The highest BCUT2D eigenvalue weighted by Gasteiger charge is 2.14. The van der Waals surface area contributed by atoms with Gasteiger partial charge in [0, 0.05) is 18.6 Å². The Morgan fingerprint density at radius 2 is 1.53 bits per heavy atom. The monoisotopic (exact) mass is 262 g/mol. The summed E-state index contributed by atoms with van der Waals surface area (Å²) in [5, 5.41) is 3.53. The Morgan fingerprint density at radius 3 is 1.95 bits per heavy atom. The zero-order chi connectivity index (χ0) is 14.4. The molecule has 0 saturated carbocycles. The molecule has 0 bridgehead atoms. The lowest BCUT2D eigenvalue weighted by Crippen LogP contribution is -2.34. The van der Waals surface area contributed by atoms with E-state index in [1.165, 1.54) is 17.5 Å². The third kappa shape index (κ3) is 4.96. The third-order valence-corrected chi connectivity index (χ3v) is 3.85. The molecule has 0 amide bonds. The fraction of sp³-hybridized carbons (Fsp3) is 0.647. The molecule has 0 aliphatic carbocycles. The summed E-state index contributed by atoms with van der Waals surface area (Å²) in [6, 6.07) is 10.1. The molecule has 1 rings (SSSR count). The van der Waals surface area contributed by atoms with Crippen LogP contribution in [0.5, 0.6) is 0 Å². The van der Waals surface area contributed by atoms with E-state index in [0.29, 0.717) is 18.0 Å². The van der Waals surface area contributed by atoms with E-state index in [4.69, 9.17) is 0 Å². The Labute approximate surface area is 119 Å². The third-order valence-electron chi connectivity index (χ3n) is 3.85. The lowest BCUT2D eigenvalue weighted by molar-refractivity contribution is 0.283. The fourth-order valence-corrected chi connectivity index (χ4v) is 2.23. The van der Waals surface area contributed by atoms with Crippen LogP contribution in [0.2, 0.25) is 0 Å². The Bertz CT molecular complexity index is 354. The normalized spacial score (nSPS) is 14.9. The van der Waals surface area contributed by atoms with Crippen LogP contribution in [0.3, 0.4) is 0 Å². The van der Waals surface area contributed by atoms with Crippen molar-refractivity contribution in [1.29, 1.82) is 0 Å². The van der Waals surface area contributed by atoms with Crippen molar-refractivity contribution in [3.05, 3.63) is 35.4 Å². The van der Waals surface area contributed by atoms with Gasteiger partial charge in [0.15, 0.2) is 0 Å². The van der Waals surface area contributed by atoms with Gasteiger partial charge in [0.1, 0.15) is 0 Å². The summed E-state index contributed by atoms with van der Waals surface area (Å²) in [5.74, 6) is 0.653. The van der Waals surface area contributed by atoms with Gasteiger partial charge in [-0.25, -0.2) is 0 Å². The van der Waals surface area contributed by atoms with Crippen LogP contribution in [0.4, 0.5) is 0 Å². The molecular formula is C17H30N2. The quantitative estimate of drug-likeness (QED) is 0.804. The van der Waals surface area contributed by atoms with Crippen molar-refractivity contribution >= 4 is 0 Å². The highest BCUT2D eigenvalue weighted by atomic mass is 15.1. The molecule has 2 atom stereocenters. The van der Waals surface area contributed by atoms with Gasteiger partial charge in [0.25, 0.3) is 0 Å². The van der Waals surface area contributed by atoms with E-state index in [1.54, 1.807) is 0 Å². The van der Waals surface area contributed by atoms with Gasteiger partial charge in [-0.2, -0.15) is 0 Å². The minimum absolute atomic E-state index is 0.438. The lowest BCUT2D eigenvalue weighted by Gasteiger charge is -2.26. The van der Waals surface area contributed by atoms with Crippen molar-refractivity contribution in [3.8, 4) is 0 Å². The summed E-state index contributed by atoms with van der Waals surface area (Å²) in [4.78, 5) is 2.29. The molecule has 2 unspecified atom stereocenters. The SMILES string of the molecule is CCC(C)c1ccc(C(CNC(C)C)N(C)C)cc1. The second kappa shape index (κ2) is 7.66. The Balaban J connectivity index is 2.79. The number of hydrogen-bond acceptors (Lipinski definition) is 2. The lowest BCUT2D eigenvalue weighted by atomic mass is 9.95. The molecule has 2 heteroatoms. The summed E-state index contributed by atoms with van der Waals surface area (Å²) < 4.78 is 0. The minimum Gasteiger partial charge on any atom is -0.313 e. The maximum Gasteiger partial charge on any atom is 0.0466 e. The number of likely N-dealkylation sites (N-methyl/N-ethyl adjacent to an activating group) is 1. The molecule has 0 saturated heterocycles. The summed E-state index contributed by atoms with van der Waals surface area (Å²) in [6.07, 6.45) is 1.20. The molecule has 0 spiro atoms. The Hall–Kier alpha value is -0.860. The first-order valence-electron chi connectivity index (χ1n) is 7.45. The first-order chi connectivity index (χ1) is 8.95. The fourth-order valence-electron chi connectivity index (χ4n) is 2.23. The Kier molecular flexibility index (Phi) is 6.53. The van der Waals surface area contributed by atoms with E-state index in [9.17, 15) is 0 Å². The van der Waals surface area contributed by atoms with Crippen LogP contribution in [0.25, 0.3) is 0 Å². The molecule has 0 aliphatic heterocycles. The summed E-state index contributed by atoms with van der Waals surface area (Å²) >= 11 is 0. The maximum atomic E-state index is 3.53. The molecule has 108 valence electrons. The van der Waals surface area contributed by atoms with E-state index in [1.807, 2.05) is 0 Å². The second-order valence-corrected chi connectivity index (χ2v) is 6.02. The van der Waals surface area contributed by atoms with Gasteiger partial charge in [0.2, 0.25) is 0 Å². The van der Waals surface area contributed by atoms with Gasteiger partial charge in [-0.05, 0) is 37.6 Å². The topological polar surface area (TPSA) is 15.3 Å². The number of nitrogens with zero attached hydrogens (tertiary/aromatic N) is 1.